The molecule has 0 aliphatic carbocycles. The number of amides is 2. The van der Waals surface area contributed by atoms with Crippen LogP contribution in [0.2, 0.25) is 0 Å². The van der Waals surface area contributed by atoms with Crippen molar-refractivity contribution in [2.75, 3.05) is 14.1 Å². The minimum atomic E-state index is -1.08. The summed E-state index contributed by atoms with van der Waals surface area (Å²) in [5, 5.41) is 8.89. The van der Waals surface area contributed by atoms with Crippen molar-refractivity contribution in [3.8, 4) is 0 Å². The zero-order chi connectivity index (χ0) is 33.9. The SMILES string of the molecule is CC(=O)[O-].CCCCCCCCCCCCCCCCCC(=O)[N+](C)(C)C(=O)CCCCCCCCCCCCCCCCC. The zero-order valence-electron chi connectivity index (χ0n) is 31.2. The average molecular weight is 638 g/mol. The van der Waals surface area contributed by atoms with E-state index in [2.05, 4.69) is 13.8 Å². The summed E-state index contributed by atoms with van der Waals surface area (Å²) >= 11 is 0. The van der Waals surface area contributed by atoms with Gasteiger partial charge in [-0.05, 0) is 19.8 Å². The molecule has 0 fully saturated rings. The van der Waals surface area contributed by atoms with Gasteiger partial charge < -0.3 is 9.90 Å². The molecule has 0 atom stereocenters. The van der Waals surface area contributed by atoms with Crippen molar-refractivity contribution in [1.82, 2.24) is 0 Å². The molecule has 0 saturated heterocycles. The summed E-state index contributed by atoms with van der Waals surface area (Å²) in [6.07, 6.45) is 41.0. The van der Waals surface area contributed by atoms with Crippen LogP contribution >= 0.6 is 0 Å². The highest BCUT2D eigenvalue weighted by Crippen LogP contribution is 2.17. The average Bonchev–Trinajstić information content (AvgIpc) is 3.00. The van der Waals surface area contributed by atoms with Gasteiger partial charge in [-0.2, -0.15) is 0 Å². The number of imide groups is 1. The maximum Gasteiger partial charge on any atom is 0.320 e. The first-order valence-corrected chi connectivity index (χ1v) is 19.8. The second-order valence-electron chi connectivity index (χ2n) is 14.1. The lowest BCUT2D eigenvalue weighted by Crippen LogP contribution is -2.50. The van der Waals surface area contributed by atoms with Crippen molar-refractivity contribution < 1.29 is 24.0 Å². The molecule has 0 aliphatic heterocycles. The predicted molar refractivity (Wildman–Crippen MR) is 192 cm³/mol. The van der Waals surface area contributed by atoms with Crippen LogP contribution in [0.5, 0.6) is 0 Å². The number of carboxylic acids is 1. The fraction of sp³-hybridized carbons (Fsp3) is 0.925. The van der Waals surface area contributed by atoms with E-state index in [1.807, 2.05) is 0 Å². The zero-order valence-corrected chi connectivity index (χ0v) is 31.2. The normalized spacial score (nSPS) is 11.3. The molecule has 0 radical (unpaired) electrons. The van der Waals surface area contributed by atoms with Crippen LogP contribution in [0.15, 0.2) is 0 Å². The Morgan fingerprint density at radius 1 is 0.378 bits per heavy atom. The molecular formula is C40H79NO4. The van der Waals surface area contributed by atoms with Crippen LogP contribution in [0.25, 0.3) is 0 Å². The fourth-order valence-corrected chi connectivity index (χ4v) is 5.99. The molecule has 0 aromatic rings. The number of hydrogen-bond donors (Lipinski definition) is 0. The van der Waals surface area contributed by atoms with Gasteiger partial charge in [0.05, 0.1) is 26.9 Å². The molecule has 2 amide bonds. The van der Waals surface area contributed by atoms with Crippen LogP contribution in [0.1, 0.15) is 226 Å². The van der Waals surface area contributed by atoms with Crippen LogP contribution in [0, 0.1) is 0 Å². The van der Waals surface area contributed by atoms with E-state index in [4.69, 9.17) is 9.90 Å². The Bertz CT molecular complexity index is 609. The molecule has 0 rings (SSSR count). The van der Waals surface area contributed by atoms with Gasteiger partial charge in [0.25, 0.3) is 0 Å². The first-order chi connectivity index (χ1) is 21.7. The summed E-state index contributed by atoms with van der Waals surface area (Å²) in [4.78, 5) is 34.4. The fourth-order valence-electron chi connectivity index (χ4n) is 5.99. The number of unbranched alkanes of at least 4 members (excludes halogenated alkanes) is 28. The van der Waals surface area contributed by atoms with E-state index < -0.39 is 5.97 Å². The van der Waals surface area contributed by atoms with Gasteiger partial charge in [0, 0.05) is 5.97 Å². The Kier molecular flexibility index (Phi) is 36.3. The van der Waals surface area contributed by atoms with Gasteiger partial charge in [-0.1, -0.05) is 194 Å². The number of carboxylic acid groups (broad SMARTS) is 1. The molecule has 0 spiro atoms. The lowest BCUT2D eigenvalue weighted by atomic mass is 10.0. The van der Waals surface area contributed by atoms with Crippen molar-refractivity contribution >= 4 is 17.8 Å². The second kappa shape index (κ2) is 35.6. The lowest BCUT2D eigenvalue weighted by molar-refractivity contribution is -0.736. The van der Waals surface area contributed by atoms with Crippen molar-refractivity contribution in [3.63, 3.8) is 0 Å². The van der Waals surface area contributed by atoms with E-state index in [1.54, 1.807) is 14.1 Å². The van der Waals surface area contributed by atoms with Crippen LogP contribution in [-0.2, 0) is 14.4 Å². The second-order valence-corrected chi connectivity index (χ2v) is 14.1. The summed E-state index contributed by atoms with van der Waals surface area (Å²) in [6, 6.07) is 0. The van der Waals surface area contributed by atoms with Crippen molar-refractivity contribution in [1.29, 1.82) is 0 Å². The first-order valence-electron chi connectivity index (χ1n) is 19.8. The Hall–Kier alpha value is -1.23. The van der Waals surface area contributed by atoms with Crippen molar-refractivity contribution in [3.05, 3.63) is 0 Å². The molecule has 0 saturated carbocycles. The number of nitrogens with zero attached hydrogens (tertiary/aromatic N) is 1. The molecule has 5 heteroatoms. The Morgan fingerprint density at radius 2 is 0.533 bits per heavy atom. The molecule has 268 valence electrons. The van der Waals surface area contributed by atoms with E-state index >= 15 is 0 Å². The van der Waals surface area contributed by atoms with E-state index in [9.17, 15) is 9.59 Å². The van der Waals surface area contributed by atoms with Gasteiger partial charge in [-0.3, -0.25) is 0 Å². The molecule has 0 unspecified atom stereocenters. The molecule has 0 N–H and O–H groups in total. The minimum Gasteiger partial charge on any atom is -0.550 e. The van der Waals surface area contributed by atoms with Crippen LogP contribution in [0.4, 0.5) is 0 Å². The van der Waals surface area contributed by atoms with E-state index in [0.29, 0.717) is 12.8 Å². The van der Waals surface area contributed by atoms with E-state index in [0.717, 1.165) is 32.6 Å². The quantitative estimate of drug-likeness (QED) is 0.0543. The molecule has 0 aromatic heterocycles. The molecule has 0 bridgehead atoms. The summed E-state index contributed by atoms with van der Waals surface area (Å²) < 4.78 is -0.0583. The third kappa shape index (κ3) is 35.5. The number of carbonyl (C=O) groups is 3. The van der Waals surface area contributed by atoms with Crippen LogP contribution in [-0.4, -0.2) is 36.4 Å². The molecule has 0 aliphatic rings. The smallest absolute Gasteiger partial charge is 0.320 e. The third-order valence-electron chi connectivity index (χ3n) is 9.24. The molecule has 5 nitrogen and oxygen atoms in total. The van der Waals surface area contributed by atoms with Gasteiger partial charge in [-0.25, -0.2) is 14.1 Å². The number of hydrogen-bond acceptors (Lipinski definition) is 4. The summed E-state index contributed by atoms with van der Waals surface area (Å²) in [6.45, 7) is 5.54. The molecule has 0 aromatic carbocycles. The molecule has 0 heterocycles. The maximum absolute atomic E-state index is 12.8. The van der Waals surface area contributed by atoms with Gasteiger partial charge in [0.15, 0.2) is 0 Å². The summed E-state index contributed by atoms with van der Waals surface area (Å²) in [5.74, 6) is -0.878. The van der Waals surface area contributed by atoms with Gasteiger partial charge in [0.1, 0.15) is 0 Å². The van der Waals surface area contributed by atoms with E-state index in [-0.39, 0.29) is 16.3 Å². The molecular weight excluding hydrogens is 558 g/mol. The van der Waals surface area contributed by atoms with Crippen LogP contribution in [0.3, 0.4) is 0 Å². The topological polar surface area (TPSA) is 74.3 Å². The third-order valence-corrected chi connectivity index (χ3v) is 9.24. The highest BCUT2D eigenvalue weighted by Gasteiger charge is 2.33. The number of carbonyl (C=O) groups excluding carboxylic acids is 3. The maximum atomic E-state index is 12.8. The summed E-state index contributed by atoms with van der Waals surface area (Å²) in [7, 11) is 3.61. The van der Waals surface area contributed by atoms with Crippen LogP contribution < -0.4 is 5.11 Å². The number of quaternary nitrogens is 1. The summed E-state index contributed by atoms with van der Waals surface area (Å²) in [5.41, 5.74) is 0. The van der Waals surface area contributed by atoms with Gasteiger partial charge in [-0.15, -0.1) is 0 Å². The van der Waals surface area contributed by atoms with Crippen molar-refractivity contribution in [2.24, 2.45) is 0 Å². The minimum absolute atomic E-state index is 0.0583. The van der Waals surface area contributed by atoms with Gasteiger partial charge >= 0.3 is 11.8 Å². The predicted octanol–water partition coefficient (Wildman–Crippen LogP) is 11.4. The largest absolute Gasteiger partial charge is 0.550 e. The monoisotopic (exact) mass is 638 g/mol. The number of aliphatic carboxylic acids is 1. The first kappa shape index (κ1) is 45.9. The highest BCUT2D eigenvalue weighted by molar-refractivity contribution is 5.84. The van der Waals surface area contributed by atoms with E-state index in [1.165, 1.54) is 167 Å². The standard InChI is InChI=1S/C38H76NO2.C2H4O2/c1-5-7-9-11-13-15-17-19-21-23-25-27-29-31-33-35-37(40)39(3,4)38(41)36-34-32-30-28-26-24-22-20-18-16-14-12-10-8-6-2;1-2(3)4/h5-36H2,1-4H3;1H3,(H,3,4)/q+1;/p-1. The lowest BCUT2D eigenvalue weighted by Gasteiger charge is -2.24. The highest BCUT2D eigenvalue weighted by atomic mass is 16.4. The number of rotatable bonds is 32. The Labute approximate surface area is 281 Å². The molecule has 45 heavy (non-hydrogen) atoms. The van der Waals surface area contributed by atoms with Crippen molar-refractivity contribution in [2.45, 2.75) is 226 Å². The Morgan fingerprint density at radius 3 is 0.711 bits per heavy atom. The Balaban J connectivity index is 0. The van der Waals surface area contributed by atoms with Gasteiger partial charge in [0.2, 0.25) is 0 Å².